The molecule has 18 heavy (non-hydrogen) atoms. The Bertz CT molecular complexity index is 516. The maximum Gasteiger partial charge on any atom is 0.137 e. The molecule has 0 spiro atoms. The van der Waals surface area contributed by atoms with E-state index in [0.29, 0.717) is 17.2 Å². The first-order valence-electron chi connectivity index (χ1n) is 5.62. The minimum atomic E-state index is -0.619. The Balaban J connectivity index is 2.16. The summed E-state index contributed by atoms with van der Waals surface area (Å²) in [6.45, 7) is 0. The largest absolute Gasteiger partial charge is 0.495 e. The SMILES string of the molecule is COc1cc(C(O)Cc2ccccn2)ccc1Cl. The molecule has 0 amide bonds. The van der Waals surface area contributed by atoms with Crippen LogP contribution in [0.15, 0.2) is 42.6 Å². The smallest absolute Gasteiger partial charge is 0.137 e. The van der Waals surface area contributed by atoms with Crippen molar-refractivity contribution in [2.75, 3.05) is 7.11 Å². The third-order valence-electron chi connectivity index (χ3n) is 2.69. The molecular formula is C14H14ClNO2. The van der Waals surface area contributed by atoms with Gasteiger partial charge in [0.05, 0.1) is 18.2 Å². The lowest BCUT2D eigenvalue weighted by atomic mass is 10.0. The first-order chi connectivity index (χ1) is 8.70. The van der Waals surface area contributed by atoms with Crippen LogP contribution in [-0.2, 0) is 6.42 Å². The summed E-state index contributed by atoms with van der Waals surface area (Å²) in [5, 5.41) is 10.7. The Morgan fingerprint density at radius 2 is 2.17 bits per heavy atom. The molecule has 3 nitrogen and oxygen atoms in total. The second-order valence-corrected chi connectivity index (χ2v) is 4.34. The number of nitrogens with zero attached hydrogens (tertiary/aromatic N) is 1. The minimum Gasteiger partial charge on any atom is -0.495 e. The van der Waals surface area contributed by atoms with Crippen molar-refractivity contribution in [1.82, 2.24) is 4.98 Å². The molecule has 0 saturated carbocycles. The van der Waals surface area contributed by atoms with Crippen LogP contribution in [-0.4, -0.2) is 17.2 Å². The molecule has 2 aromatic rings. The number of aliphatic hydroxyl groups excluding tert-OH is 1. The van der Waals surface area contributed by atoms with Crippen LogP contribution >= 0.6 is 11.6 Å². The van der Waals surface area contributed by atoms with Gasteiger partial charge in [-0.05, 0) is 29.8 Å². The standard InChI is InChI=1S/C14H14ClNO2/c1-18-14-8-10(5-6-12(14)15)13(17)9-11-4-2-3-7-16-11/h2-8,13,17H,9H2,1H3. The van der Waals surface area contributed by atoms with E-state index >= 15 is 0 Å². The lowest BCUT2D eigenvalue weighted by Crippen LogP contribution is -2.03. The molecule has 0 fully saturated rings. The lowest BCUT2D eigenvalue weighted by molar-refractivity contribution is 0.177. The zero-order valence-corrected chi connectivity index (χ0v) is 10.8. The molecule has 94 valence electrons. The van der Waals surface area contributed by atoms with Crippen molar-refractivity contribution in [2.24, 2.45) is 0 Å². The Labute approximate surface area is 111 Å². The second-order valence-electron chi connectivity index (χ2n) is 3.93. The number of hydrogen-bond acceptors (Lipinski definition) is 3. The van der Waals surface area contributed by atoms with Gasteiger partial charge < -0.3 is 9.84 Å². The predicted octanol–water partition coefficient (Wildman–Crippen LogP) is 3.02. The fourth-order valence-corrected chi connectivity index (χ4v) is 1.91. The second kappa shape index (κ2) is 5.85. The van der Waals surface area contributed by atoms with Crippen LogP contribution in [0.2, 0.25) is 5.02 Å². The maximum absolute atomic E-state index is 10.1. The van der Waals surface area contributed by atoms with Crippen molar-refractivity contribution in [3.63, 3.8) is 0 Å². The third-order valence-corrected chi connectivity index (χ3v) is 3.00. The molecule has 0 radical (unpaired) electrons. The number of rotatable bonds is 4. The molecule has 0 saturated heterocycles. The maximum atomic E-state index is 10.1. The summed E-state index contributed by atoms with van der Waals surface area (Å²) in [6.07, 6.45) is 1.56. The van der Waals surface area contributed by atoms with E-state index < -0.39 is 6.10 Å². The lowest BCUT2D eigenvalue weighted by Gasteiger charge is -2.12. The molecule has 1 aromatic heterocycles. The zero-order valence-electron chi connectivity index (χ0n) is 10.0. The topological polar surface area (TPSA) is 42.4 Å². The van der Waals surface area contributed by atoms with E-state index in [9.17, 15) is 5.11 Å². The van der Waals surface area contributed by atoms with Crippen molar-refractivity contribution in [2.45, 2.75) is 12.5 Å². The molecule has 1 heterocycles. The highest BCUT2D eigenvalue weighted by Gasteiger charge is 2.11. The van der Waals surface area contributed by atoms with Gasteiger partial charge in [-0.3, -0.25) is 4.98 Å². The van der Waals surface area contributed by atoms with Crippen LogP contribution in [0.5, 0.6) is 5.75 Å². The van der Waals surface area contributed by atoms with Gasteiger partial charge in [0.2, 0.25) is 0 Å². The molecule has 0 bridgehead atoms. The number of aromatic nitrogens is 1. The van der Waals surface area contributed by atoms with E-state index in [2.05, 4.69) is 4.98 Å². The van der Waals surface area contributed by atoms with Crippen LogP contribution in [0.1, 0.15) is 17.4 Å². The van der Waals surface area contributed by atoms with Crippen LogP contribution in [0, 0.1) is 0 Å². The monoisotopic (exact) mass is 263 g/mol. The van der Waals surface area contributed by atoms with E-state index in [1.54, 1.807) is 31.5 Å². The van der Waals surface area contributed by atoms with Crippen molar-refractivity contribution in [3.05, 3.63) is 58.9 Å². The van der Waals surface area contributed by atoms with E-state index in [1.165, 1.54) is 0 Å². The van der Waals surface area contributed by atoms with Crippen LogP contribution < -0.4 is 4.74 Å². The first kappa shape index (κ1) is 12.9. The first-order valence-corrected chi connectivity index (χ1v) is 6.00. The normalized spacial score (nSPS) is 12.2. The molecule has 0 aliphatic rings. The van der Waals surface area contributed by atoms with Crippen LogP contribution in [0.3, 0.4) is 0 Å². The fourth-order valence-electron chi connectivity index (χ4n) is 1.72. The number of benzene rings is 1. The summed E-state index contributed by atoms with van der Waals surface area (Å²) in [5.74, 6) is 0.564. The zero-order chi connectivity index (χ0) is 13.0. The molecule has 4 heteroatoms. The van der Waals surface area contributed by atoms with Crippen molar-refractivity contribution < 1.29 is 9.84 Å². The Morgan fingerprint density at radius 3 is 2.83 bits per heavy atom. The van der Waals surface area contributed by atoms with Gasteiger partial charge in [0.15, 0.2) is 0 Å². The number of aliphatic hydroxyl groups is 1. The average Bonchev–Trinajstić information content (AvgIpc) is 2.40. The number of methoxy groups -OCH3 is 1. The average molecular weight is 264 g/mol. The Morgan fingerprint density at radius 1 is 1.33 bits per heavy atom. The molecule has 1 N–H and O–H groups in total. The van der Waals surface area contributed by atoms with Gasteiger partial charge in [-0.1, -0.05) is 23.7 Å². The number of ether oxygens (including phenoxy) is 1. The molecule has 2 rings (SSSR count). The summed E-state index contributed by atoms with van der Waals surface area (Å²) >= 11 is 5.94. The van der Waals surface area contributed by atoms with E-state index in [1.807, 2.05) is 18.2 Å². The van der Waals surface area contributed by atoms with E-state index in [0.717, 1.165) is 11.3 Å². The number of pyridine rings is 1. The van der Waals surface area contributed by atoms with Gasteiger partial charge in [0.1, 0.15) is 5.75 Å². The van der Waals surface area contributed by atoms with Gasteiger partial charge >= 0.3 is 0 Å². The summed E-state index contributed by atoms with van der Waals surface area (Å²) in [6, 6.07) is 10.9. The molecule has 1 atom stereocenters. The highest BCUT2D eigenvalue weighted by Crippen LogP contribution is 2.28. The Kier molecular flexibility index (Phi) is 4.18. The summed E-state index contributed by atoms with van der Waals surface area (Å²) < 4.78 is 5.13. The number of hydrogen-bond donors (Lipinski definition) is 1. The summed E-state index contributed by atoms with van der Waals surface area (Å²) in [7, 11) is 1.55. The Hall–Kier alpha value is -1.58. The third kappa shape index (κ3) is 3.00. The molecular weight excluding hydrogens is 250 g/mol. The van der Waals surface area contributed by atoms with Gasteiger partial charge in [-0.2, -0.15) is 0 Å². The summed E-state index contributed by atoms with van der Waals surface area (Å²) in [5.41, 5.74) is 1.61. The minimum absolute atomic E-state index is 0.464. The van der Waals surface area contributed by atoms with Crippen molar-refractivity contribution in [1.29, 1.82) is 0 Å². The van der Waals surface area contributed by atoms with Gasteiger partial charge in [-0.25, -0.2) is 0 Å². The molecule has 1 aromatic carbocycles. The molecule has 1 unspecified atom stereocenters. The van der Waals surface area contributed by atoms with Gasteiger partial charge in [-0.15, -0.1) is 0 Å². The number of halogens is 1. The molecule has 0 aliphatic heterocycles. The molecule has 0 aliphatic carbocycles. The van der Waals surface area contributed by atoms with Gasteiger partial charge in [0, 0.05) is 18.3 Å². The fraction of sp³-hybridized carbons (Fsp3) is 0.214. The van der Waals surface area contributed by atoms with Crippen LogP contribution in [0.4, 0.5) is 0 Å². The predicted molar refractivity (Wildman–Crippen MR) is 70.9 cm³/mol. The highest BCUT2D eigenvalue weighted by molar-refractivity contribution is 6.32. The highest BCUT2D eigenvalue weighted by atomic mass is 35.5. The van der Waals surface area contributed by atoms with Gasteiger partial charge in [0.25, 0.3) is 0 Å². The van der Waals surface area contributed by atoms with Crippen molar-refractivity contribution in [3.8, 4) is 5.75 Å². The van der Waals surface area contributed by atoms with E-state index in [4.69, 9.17) is 16.3 Å². The van der Waals surface area contributed by atoms with Crippen LogP contribution in [0.25, 0.3) is 0 Å². The van der Waals surface area contributed by atoms with Crippen molar-refractivity contribution >= 4 is 11.6 Å². The van der Waals surface area contributed by atoms with E-state index in [-0.39, 0.29) is 0 Å². The quantitative estimate of drug-likeness (QED) is 0.922. The summed E-state index contributed by atoms with van der Waals surface area (Å²) in [4.78, 5) is 4.19.